The van der Waals surface area contributed by atoms with Crippen molar-refractivity contribution in [2.24, 2.45) is 5.92 Å². The van der Waals surface area contributed by atoms with Gasteiger partial charge in [0.15, 0.2) is 0 Å². The van der Waals surface area contributed by atoms with Gasteiger partial charge in [0.1, 0.15) is 6.29 Å². The van der Waals surface area contributed by atoms with Gasteiger partial charge < -0.3 is 9.53 Å². The first kappa shape index (κ1) is 14.1. The van der Waals surface area contributed by atoms with Gasteiger partial charge in [0.2, 0.25) is 0 Å². The summed E-state index contributed by atoms with van der Waals surface area (Å²) in [6.07, 6.45) is 6.07. The van der Waals surface area contributed by atoms with Crippen LogP contribution in [0.4, 0.5) is 0 Å². The number of hydrogen-bond acceptors (Lipinski definition) is 3. The summed E-state index contributed by atoms with van der Waals surface area (Å²) in [5.74, 6) is -0.0490. The van der Waals surface area contributed by atoms with Crippen LogP contribution in [-0.4, -0.2) is 18.9 Å². The normalized spacial score (nSPS) is 12.1. The summed E-state index contributed by atoms with van der Waals surface area (Å²) in [5.41, 5.74) is 0. The third kappa shape index (κ3) is 7.11. The molecule has 3 nitrogen and oxygen atoms in total. The van der Waals surface area contributed by atoms with Crippen LogP contribution >= 0.6 is 0 Å². The largest absolute Gasteiger partial charge is 0.466 e. The zero-order valence-electron chi connectivity index (χ0n) is 9.83. The van der Waals surface area contributed by atoms with Crippen LogP contribution < -0.4 is 0 Å². The lowest BCUT2D eigenvalue weighted by Gasteiger charge is -2.13. The van der Waals surface area contributed by atoms with Crippen molar-refractivity contribution in [2.75, 3.05) is 6.61 Å². The summed E-state index contributed by atoms with van der Waals surface area (Å²) in [6, 6.07) is 0. The second kappa shape index (κ2) is 9.69. The van der Waals surface area contributed by atoms with E-state index in [-0.39, 0.29) is 11.9 Å². The summed E-state index contributed by atoms with van der Waals surface area (Å²) in [7, 11) is 0. The van der Waals surface area contributed by atoms with Gasteiger partial charge >= 0.3 is 5.97 Å². The number of carbonyl (C=O) groups excluding carboxylic acids is 2. The summed E-state index contributed by atoms with van der Waals surface area (Å²) in [5, 5.41) is 0. The molecule has 15 heavy (non-hydrogen) atoms. The molecule has 3 heteroatoms. The second-order valence-corrected chi connectivity index (χ2v) is 3.69. The van der Waals surface area contributed by atoms with Crippen LogP contribution in [0.5, 0.6) is 0 Å². The summed E-state index contributed by atoms with van der Waals surface area (Å²) >= 11 is 0. The summed E-state index contributed by atoms with van der Waals surface area (Å²) in [4.78, 5) is 21.6. The number of unbranched alkanes of at least 4 members (excludes halogenated alkanes) is 2. The SMILES string of the molecule is CCCC(CCCCC=O)C(=O)OCC. The number of esters is 1. The Morgan fingerprint density at radius 1 is 1.27 bits per heavy atom. The van der Waals surface area contributed by atoms with Crippen molar-refractivity contribution >= 4 is 12.3 Å². The quantitative estimate of drug-likeness (QED) is 0.337. The summed E-state index contributed by atoms with van der Waals surface area (Å²) < 4.78 is 5.01. The molecule has 0 aliphatic heterocycles. The Bertz CT molecular complexity index is 178. The smallest absolute Gasteiger partial charge is 0.308 e. The number of ether oxygens (including phenoxy) is 1. The molecule has 0 aromatic carbocycles. The van der Waals surface area contributed by atoms with Crippen molar-refractivity contribution in [3.63, 3.8) is 0 Å². The molecule has 0 saturated carbocycles. The number of rotatable bonds is 9. The van der Waals surface area contributed by atoms with Gasteiger partial charge in [0.25, 0.3) is 0 Å². The predicted octanol–water partition coefficient (Wildman–Crippen LogP) is 2.73. The van der Waals surface area contributed by atoms with E-state index in [0.717, 1.165) is 38.4 Å². The minimum Gasteiger partial charge on any atom is -0.466 e. The van der Waals surface area contributed by atoms with Gasteiger partial charge in [-0.3, -0.25) is 4.79 Å². The second-order valence-electron chi connectivity index (χ2n) is 3.69. The lowest BCUT2D eigenvalue weighted by atomic mass is 9.97. The highest BCUT2D eigenvalue weighted by molar-refractivity contribution is 5.72. The maximum Gasteiger partial charge on any atom is 0.308 e. The topological polar surface area (TPSA) is 43.4 Å². The van der Waals surface area contributed by atoms with E-state index in [0.29, 0.717) is 13.0 Å². The Kier molecular flexibility index (Phi) is 9.13. The first-order chi connectivity index (χ1) is 7.26. The molecule has 0 radical (unpaired) electrons. The van der Waals surface area contributed by atoms with Crippen molar-refractivity contribution in [3.05, 3.63) is 0 Å². The Hall–Kier alpha value is -0.860. The monoisotopic (exact) mass is 214 g/mol. The van der Waals surface area contributed by atoms with Gasteiger partial charge in [-0.2, -0.15) is 0 Å². The van der Waals surface area contributed by atoms with E-state index in [1.54, 1.807) is 0 Å². The molecule has 0 aromatic rings. The first-order valence-corrected chi connectivity index (χ1v) is 5.86. The fraction of sp³-hybridized carbons (Fsp3) is 0.833. The Morgan fingerprint density at radius 3 is 2.53 bits per heavy atom. The lowest BCUT2D eigenvalue weighted by molar-refractivity contribution is -0.148. The van der Waals surface area contributed by atoms with Crippen LogP contribution in [0.25, 0.3) is 0 Å². The molecule has 0 rings (SSSR count). The van der Waals surface area contributed by atoms with E-state index in [9.17, 15) is 9.59 Å². The maximum atomic E-state index is 11.5. The Morgan fingerprint density at radius 2 is 2.00 bits per heavy atom. The van der Waals surface area contributed by atoms with E-state index in [1.807, 2.05) is 6.92 Å². The fourth-order valence-electron chi connectivity index (χ4n) is 1.61. The molecular formula is C12H22O3. The van der Waals surface area contributed by atoms with Gasteiger partial charge in [-0.05, 0) is 26.2 Å². The predicted molar refractivity (Wildman–Crippen MR) is 59.6 cm³/mol. The molecule has 0 aromatic heterocycles. The van der Waals surface area contributed by atoms with Gasteiger partial charge in [0, 0.05) is 6.42 Å². The minimum absolute atomic E-state index is 0.0293. The average molecular weight is 214 g/mol. The molecule has 0 bridgehead atoms. The highest BCUT2D eigenvalue weighted by atomic mass is 16.5. The van der Waals surface area contributed by atoms with E-state index >= 15 is 0 Å². The molecule has 0 spiro atoms. The van der Waals surface area contributed by atoms with E-state index < -0.39 is 0 Å². The highest BCUT2D eigenvalue weighted by Gasteiger charge is 2.17. The van der Waals surface area contributed by atoms with Crippen LogP contribution in [0.15, 0.2) is 0 Å². The molecule has 0 saturated heterocycles. The van der Waals surface area contributed by atoms with E-state index in [4.69, 9.17) is 4.74 Å². The molecular weight excluding hydrogens is 192 g/mol. The number of aldehydes is 1. The molecule has 88 valence electrons. The highest BCUT2D eigenvalue weighted by Crippen LogP contribution is 2.17. The van der Waals surface area contributed by atoms with Crippen LogP contribution in [0.1, 0.15) is 52.4 Å². The molecule has 0 heterocycles. The van der Waals surface area contributed by atoms with Crippen molar-refractivity contribution < 1.29 is 14.3 Å². The van der Waals surface area contributed by atoms with Gasteiger partial charge in [0.05, 0.1) is 12.5 Å². The number of carbonyl (C=O) groups is 2. The van der Waals surface area contributed by atoms with E-state index in [2.05, 4.69) is 6.92 Å². The molecule has 0 fully saturated rings. The molecule has 0 amide bonds. The summed E-state index contributed by atoms with van der Waals surface area (Å²) in [6.45, 7) is 4.35. The minimum atomic E-state index is -0.0783. The first-order valence-electron chi connectivity index (χ1n) is 5.86. The zero-order valence-corrected chi connectivity index (χ0v) is 9.83. The zero-order chi connectivity index (χ0) is 11.5. The van der Waals surface area contributed by atoms with Crippen molar-refractivity contribution in [1.82, 2.24) is 0 Å². The molecule has 1 atom stereocenters. The van der Waals surface area contributed by atoms with Crippen LogP contribution in [0, 0.1) is 5.92 Å². The molecule has 0 N–H and O–H groups in total. The van der Waals surface area contributed by atoms with E-state index in [1.165, 1.54) is 0 Å². The number of hydrogen-bond donors (Lipinski definition) is 0. The third-order valence-corrected chi connectivity index (χ3v) is 2.38. The van der Waals surface area contributed by atoms with Crippen molar-refractivity contribution in [1.29, 1.82) is 0 Å². The van der Waals surface area contributed by atoms with Crippen LogP contribution in [0.3, 0.4) is 0 Å². The average Bonchev–Trinajstić information content (AvgIpc) is 2.23. The molecule has 0 aliphatic carbocycles. The fourth-order valence-corrected chi connectivity index (χ4v) is 1.61. The van der Waals surface area contributed by atoms with Crippen LogP contribution in [0.2, 0.25) is 0 Å². The van der Waals surface area contributed by atoms with Gasteiger partial charge in [-0.1, -0.05) is 19.8 Å². The molecule has 0 aliphatic rings. The van der Waals surface area contributed by atoms with Gasteiger partial charge in [-0.25, -0.2) is 0 Å². The maximum absolute atomic E-state index is 11.5. The van der Waals surface area contributed by atoms with Gasteiger partial charge in [-0.15, -0.1) is 0 Å². The third-order valence-electron chi connectivity index (χ3n) is 2.38. The Labute approximate surface area is 92.2 Å². The van der Waals surface area contributed by atoms with Crippen molar-refractivity contribution in [3.8, 4) is 0 Å². The molecule has 1 unspecified atom stereocenters. The Balaban J connectivity index is 3.81. The lowest BCUT2D eigenvalue weighted by Crippen LogP contribution is -2.17. The standard InChI is InChI=1S/C12H22O3/c1-3-8-11(12(14)15-4-2)9-6-5-7-10-13/h10-11H,3-9H2,1-2H3. The van der Waals surface area contributed by atoms with Crippen LogP contribution in [-0.2, 0) is 14.3 Å². The van der Waals surface area contributed by atoms with Crippen molar-refractivity contribution in [2.45, 2.75) is 52.4 Å².